The summed E-state index contributed by atoms with van der Waals surface area (Å²) in [4.78, 5) is 9.68. The second kappa shape index (κ2) is 8.32. The van der Waals surface area contributed by atoms with E-state index < -0.39 is 6.10 Å². The molecule has 3 heterocycles. The number of aliphatic imine (C=N–C) groups is 2. The molecule has 2 bridgehead atoms. The lowest BCUT2D eigenvalue weighted by atomic mass is 9.96. The number of H-pyrrole nitrogens is 1. The van der Waals surface area contributed by atoms with E-state index in [0.717, 1.165) is 64.2 Å². The van der Waals surface area contributed by atoms with E-state index in [1.807, 2.05) is 36.7 Å². The van der Waals surface area contributed by atoms with Gasteiger partial charge in [-0.1, -0.05) is 36.4 Å². The SMILES string of the molecule is CC(O)c1ccc(NC2=NC(c3ccc4cn[nH]c4c3)=CCCC3C=C2N=CC3)cc1. The lowest BCUT2D eigenvalue weighted by Crippen LogP contribution is -2.17. The predicted octanol–water partition coefficient (Wildman–Crippen LogP) is 5.24. The molecule has 0 saturated heterocycles. The van der Waals surface area contributed by atoms with E-state index in [-0.39, 0.29) is 0 Å². The van der Waals surface area contributed by atoms with Crippen LogP contribution in [-0.2, 0) is 0 Å². The van der Waals surface area contributed by atoms with E-state index in [0.29, 0.717) is 5.92 Å². The van der Waals surface area contributed by atoms with Crippen LogP contribution in [-0.4, -0.2) is 27.4 Å². The number of fused-ring (bicyclic) bond motifs is 2. The summed E-state index contributed by atoms with van der Waals surface area (Å²) < 4.78 is 0. The molecule has 0 spiro atoms. The number of hydrogen-bond donors (Lipinski definition) is 3. The van der Waals surface area contributed by atoms with Crippen molar-refractivity contribution in [1.82, 2.24) is 10.2 Å². The summed E-state index contributed by atoms with van der Waals surface area (Å²) in [5.74, 6) is 1.19. The molecule has 31 heavy (non-hydrogen) atoms. The Hall–Kier alpha value is -3.51. The van der Waals surface area contributed by atoms with Gasteiger partial charge in [-0.2, -0.15) is 5.10 Å². The van der Waals surface area contributed by atoms with Crippen LogP contribution in [0.25, 0.3) is 16.6 Å². The third-order valence-corrected chi connectivity index (χ3v) is 5.78. The number of nitrogens with one attached hydrogen (secondary N) is 2. The molecule has 0 saturated carbocycles. The highest BCUT2D eigenvalue weighted by molar-refractivity contribution is 6.11. The number of aliphatic hydroxyl groups excluding tert-OH is 1. The smallest absolute Gasteiger partial charge is 0.156 e. The molecule has 0 fully saturated rings. The van der Waals surface area contributed by atoms with E-state index in [2.05, 4.69) is 50.9 Å². The van der Waals surface area contributed by atoms with Gasteiger partial charge in [-0.15, -0.1) is 0 Å². The normalized spacial score (nSPS) is 19.5. The Morgan fingerprint density at radius 2 is 2.00 bits per heavy atom. The molecular weight excluding hydrogens is 386 g/mol. The Kier molecular flexibility index (Phi) is 5.22. The lowest BCUT2D eigenvalue weighted by molar-refractivity contribution is 0.199. The Labute approximate surface area is 181 Å². The highest BCUT2D eigenvalue weighted by atomic mass is 16.3. The first-order valence-electron chi connectivity index (χ1n) is 10.7. The number of aliphatic hydroxyl groups is 1. The highest BCUT2D eigenvalue weighted by Gasteiger charge is 2.18. The molecule has 0 amide bonds. The molecule has 0 aliphatic carbocycles. The Morgan fingerprint density at radius 3 is 2.84 bits per heavy atom. The molecule has 6 nitrogen and oxygen atoms in total. The molecule has 2 atom stereocenters. The summed E-state index contributed by atoms with van der Waals surface area (Å²) in [6, 6.07) is 14.0. The van der Waals surface area contributed by atoms with E-state index in [1.54, 1.807) is 6.92 Å². The van der Waals surface area contributed by atoms with Crippen LogP contribution in [0, 0.1) is 5.92 Å². The quantitative estimate of drug-likeness (QED) is 0.551. The number of amidine groups is 1. The largest absolute Gasteiger partial charge is 0.389 e. The van der Waals surface area contributed by atoms with E-state index >= 15 is 0 Å². The van der Waals surface area contributed by atoms with Crippen LogP contribution in [0.3, 0.4) is 0 Å². The van der Waals surface area contributed by atoms with Crippen LogP contribution in [0.5, 0.6) is 0 Å². The van der Waals surface area contributed by atoms with Gasteiger partial charge in [0, 0.05) is 22.9 Å². The number of allylic oxidation sites excluding steroid dienone is 2. The van der Waals surface area contributed by atoms with Crippen LogP contribution >= 0.6 is 0 Å². The van der Waals surface area contributed by atoms with Crippen LogP contribution in [0.2, 0.25) is 0 Å². The average Bonchev–Trinajstić information content (AvgIpc) is 3.27. The van der Waals surface area contributed by atoms with Gasteiger partial charge < -0.3 is 10.4 Å². The standard InChI is InChI=1S/C25H25N5O/c1-16(31)18-7-9-21(10-8-18)28-25-24-13-17(11-12-26-24)3-2-4-22(29-25)19-5-6-20-15-27-30-23(20)14-19/h4-10,12-17,31H,2-3,11H2,1H3,(H,27,30)(H,28,29). The number of aromatic nitrogens is 2. The van der Waals surface area contributed by atoms with Crippen LogP contribution in [0.1, 0.15) is 43.4 Å². The zero-order valence-electron chi connectivity index (χ0n) is 17.4. The average molecular weight is 412 g/mol. The molecule has 1 aromatic heterocycles. The van der Waals surface area contributed by atoms with Crippen molar-refractivity contribution in [2.45, 2.75) is 32.3 Å². The summed E-state index contributed by atoms with van der Waals surface area (Å²) in [6.07, 6.45) is 10.8. The topological polar surface area (TPSA) is 85.7 Å². The summed E-state index contributed by atoms with van der Waals surface area (Å²) in [5.41, 5.74) is 5.61. The molecule has 6 heteroatoms. The van der Waals surface area contributed by atoms with Gasteiger partial charge in [-0.05, 0) is 55.9 Å². The first-order chi connectivity index (χ1) is 15.2. The van der Waals surface area contributed by atoms with E-state index in [1.165, 1.54) is 0 Å². The first kappa shape index (κ1) is 19.5. The van der Waals surface area contributed by atoms with Crippen molar-refractivity contribution in [3.8, 4) is 0 Å². The summed E-state index contributed by atoms with van der Waals surface area (Å²) in [6.45, 7) is 1.76. The predicted molar refractivity (Wildman–Crippen MR) is 126 cm³/mol. The van der Waals surface area contributed by atoms with Crippen molar-refractivity contribution in [2.24, 2.45) is 15.9 Å². The number of aromatic amines is 1. The molecule has 2 aliphatic rings. The van der Waals surface area contributed by atoms with E-state index in [9.17, 15) is 5.11 Å². The van der Waals surface area contributed by atoms with Gasteiger partial charge in [0.15, 0.2) is 5.84 Å². The van der Waals surface area contributed by atoms with Gasteiger partial charge in [-0.3, -0.25) is 10.1 Å². The minimum Gasteiger partial charge on any atom is -0.389 e. The monoisotopic (exact) mass is 411 g/mol. The van der Waals surface area contributed by atoms with Crippen molar-refractivity contribution in [2.75, 3.05) is 5.32 Å². The minimum absolute atomic E-state index is 0.461. The molecular formula is C25H25N5O. The zero-order valence-corrected chi connectivity index (χ0v) is 17.4. The second-order valence-corrected chi connectivity index (χ2v) is 8.08. The molecule has 3 N–H and O–H groups in total. The maximum absolute atomic E-state index is 9.79. The minimum atomic E-state index is -0.491. The Morgan fingerprint density at radius 1 is 1.13 bits per heavy atom. The number of anilines is 1. The molecule has 0 radical (unpaired) electrons. The zero-order chi connectivity index (χ0) is 21.2. The summed E-state index contributed by atoms with van der Waals surface area (Å²) in [5, 5.41) is 21.5. The molecule has 2 aromatic carbocycles. The van der Waals surface area contributed by atoms with Crippen molar-refractivity contribution < 1.29 is 5.11 Å². The van der Waals surface area contributed by atoms with Gasteiger partial charge in [0.05, 0.1) is 23.5 Å². The van der Waals surface area contributed by atoms with Crippen LogP contribution in [0.4, 0.5) is 5.69 Å². The van der Waals surface area contributed by atoms with Crippen LogP contribution in [0.15, 0.2) is 76.5 Å². The molecule has 3 aromatic rings. The lowest BCUT2D eigenvalue weighted by Gasteiger charge is -2.17. The summed E-state index contributed by atoms with van der Waals surface area (Å²) in [7, 11) is 0. The number of hydrogen-bond acceptors (Lipinski definition) is 5. The molecule has 2 unspecified atom stereocenters. The Balaban J connectivity index is 1.54. The highest BCUT2D eigenvalue weighted by Crippen LogP contribution is 2.28. The molecule has 2 aliphatic heterocycles. The van der Waals surface area contributed by atoms with E-state index in [4.69, 9.17) is 4.99 Å². The molecule has 156 valence electrons. The van der Waals surface area contributed by atoms with Gasteiger partial charge in [0.25, 0.3) is 0 Å². The fourth-order valence-electron chi connectivity index (χ4n) is 3.97. The third-order valence-electron chi connectivity index (χ3n) is 5.78. The van der Waals surface area contributed by atoms with Gasteiger partial charge in [-0.25, -0.2) is 4.99 Å². The first-order valence-corrected chi connectivity index (χ1v) is 10.7. The molecule has 5 rings (SSSR count). The van der Waals surface area contributed by atoms with Crippen molar-refractivity contribution in [1.29, 1.82) is 0 Å². The van der Waals surface area contributed by atoms with Crippen molar-refractivity contribution >= 4 is 34.3 Å². The maximum atomic E-state index is 9.79. The third kappa shape index (κ3) is 4.20. The fraction of sp³-hybridized carbons (Fsp3) is 0.240. The number of nitrogens with zero attached hydrogens (tertiary/aromatic N) is 3. The van der Waals surface area contributed by atoms with Crippen LogP contribution < -0.4 is 5.32 Å². The van der Waals surface area contributed by atoms with Crippen molar-refractivity contribution in [3.63, 3.8) is 0 Å². The van der Waals surface area contributed by atoms with Gasteiger partial charge in [0.1, 0.15) is 5.70 Å². The maximum Gasteiger partial charge on any atom is 0.156 e. The Bertz CT molecular complexity index is 1210. The second-order valence-electron chi connectivity index (χ2n) is 8.08. The fourth-order valence-corrected chi connectivity index (χ4v) is 3.97. The van der Waals surface area contributed by atoms with Crippen molar-refractivity contribution in [3.05, 3.63) is 77.6 Å². The summed E-state index contributed by atoms with van der Waals surface area (Å²) >= 11 is 0. The van der Waals surface area contributed by atoms with Gasteiger partial charge >= 0.3 is 0 Å². The number of benzene rings is 2. The van der Waals surface area contributed by atoms with Gasteiger partial charge in [0.2, 0.25) is 0 Å². The number of rotatable bonds is 3.